The van der Waals surface area contributed by atoms with Crippen molar-refractivity contribution in [2.45, 2.75) is 90.1 Å². The van der Waals surface area contributed by atoms with Crippen molar-refractivity contribution in [2.75, 3.05) is 10.2 Å². The van der Waals surface area contributed by atoms with Gasteiger partial charge in [0.25, 0.3) is 0 Å². The summed E-state index contributed by atoms with van der Waals surface area (Å²) in [5.41, 5.74) is 3.92. The van der Waals surface area contributed by atoms with Gasteiger partial charge in [-0.15, -0.1) is 0 Å². The van der Waals surface area contributed by atoms with Crippen LogP contribution in [-0.2, 0) is 0 Å². The summed E-state index contributed by atoms with van der Waals surface area (Å²) in [6.45, 7) is 4.24. The van der Waals surface area contributed by atoms with E-state index in [2.05, 4.69) is 54.5 Å². The zero-order valence-corrected chi connectivity index (χ0v) is 15.6. The minimum absolute atomic E-state index is 0.762. The molecular weight excluding hydrogens is 292 g/mol. The fraction of sp³-hybridized carbons (Fsp3) is 0.636. The van der Waals surface area contributed by atoms with Gasteiger partial charge in [-0.3, -0.25) is 0 Å². The van der Waals surface area contributed by atoms with Crippen molar-refractivity contribution in [1.82, 2.24) is 0 Å². The van der Waals surface area contributed by atoms with Crippen LogP contribution in [0.15, 0.2) is 36.0 Å². The van der Waals surface area contributed by atoms with Gasteiger partial charge in [-0.1, -0.05) is 44.1 Å². The molecule has 24 heavy (non-hydrogen) atoms. The van der Waals surface area contributed by atoms with Crippen LogP contribution in [0, 0.1) is 0 Å². The molecule has 0 heterocycles. The summed E-state index contributed by atoms with van der Waals surface area (Å²) in [7, 11) is 0. The molecule has 2 nitrogen and oxygen atoms in total. The summed E-state index contributed by atoms with van der Waals surface area (Å²) in [6, 6.07) is 10.7. The van der Waals surface area contributed by atoms with Crippen LogP contribution in [0.2, 0.25) is 0 Å². The summed E-state index contributed by atoms with van der Waals surface area (Å²) >= 11 is 0. The van der Waals surface area contributed by atoms with Gasteiger partial charge in [-0.05, 0) is 70.0 Å². The van der Waals surface area contributed by atoms with E-state index in [0.717, 1.165) is 12.1 Å². The van der Waals surface area contributed by atoms with Crippen molar-refractivity contribution in [1.29, 1.82) is 0 Å². The van der Waals surface area contributed by atoms with E-state index >= 15 is 0 Å². The van der Waals surface area contributed by atoms with Crippen LogP contribution in [0.3, 0.4) is 0 Å². The van der Waals surface area contributed by atoms with Gasteiger partial charge >= 0.3 is 0 Å². The molecule has 0 unspecified atom stereocenters. The van der Waals surface area contributed by atoms with Gasteiger partial charge in [0.15, 0.2) is 0 Å². The molecule has 1 aromatic carbocycles. The second-order valence-corrected chi connectivity index (χ2v) is 7.90. The second-order valence-electron chi connectivity index (χ2n) is 7.90. The van der Waals surface area contributed by atoms with E-state index in [4.69, 9.17) is 0 Å². The van der Waals surface area contributed by atoms with Crippen molar-refractivity contribution >= 4 is 11.4 Å². The maximum atomic E-state index is 3.39. The Bertz CT molecular complexity index is 497. The van der Waals surface area contributed by atoms with E-state index in [1.165, 1.54) is 81.2 Å². The maximum absolute atomic E-state index is 3.39. The van der Waals surface area contributed by atoms with Gasteiger partial charge in [-0.2, -0.15) is 0 Å². The van der Waals surface area contributed by atoms with Crippen molar-refractivity contribution < 1.29 is 0 Å². The number of benzene rings is 1. The summed E-state index contributed by atoms with van der Waals surface area (Å²) in [5, 5.41) is 3.39. The first-order valence-electron chi connectivity index (χ1n) is 10.0. The molecule has 2 aliphatic carbocycles. The van der Waals surface area contributed by atoms with Crippen LogP contribution in [0.4, 0.5) is 11.4 Å². The molecule has 0 spiro atoms. The predicted octanol–water partition coefficient (Wildman–Crippen LogP) is 6.49. The highest BCUT2D eigenvalue weighted by Crippen LogP contribution is 2.34. The van der Waals surface area contributed by atoms with Gasteiger partial charge in [0, 0.05) is 23.5 Å². The second kappa shape index (κ2) is 8.60. The number of rotatable bonds is 5. The maximum Gasteiger partial charge on any atom is 0.0381 e. The average Bonchev–Trinajstić information content (AvgIpc) is 2.63. The number of hydrogen-bond acceptors (Lipinski definition) is 2. The summed E-state index contributed by atoms with van der Waals surface area (Å²) < 4.78 is 0. The van der Waals surface area contributed by atoms with Crippen molar-refractivity contribution in [3.8, 4) is 0 Å². The highest BCUT2D eigenvalue weighted by molar-refractivity contribution is 5.57. The third-order valence-corrected chi connectivity index (χ3v) is 5.63. The molecule has 1 aromatic rings. The zero-order valence-electron chi connectivity index (χ0n) is 15.6. The van der Waals surface area contributed by atoms with E-state index in [9.17, 15) is 0 Å². The summed E-state index contributed by atoms with van der Waals surface area (Å²) in [4.78, 5) is 2.81. The molecule has 3 rings (SSSR count). The molecule has 0 radical (unpaired) electrons. The van der Waals surface area contributed by atoms with Crippen LogP contribution >= 0.6 is 0 Å². The normalized spacial score (nSPS) is 19.8. The van der Waals surface area contributed by atoms with Crippen LogP contribution in [0.1, 0.15) is 78.1 Å². The molecular formula is C22H34N2. The minimum Gasteiger partial charge on any atom is -0.366 e. The molecule has 132 valence electrons. The Kier molecular flexibility index (Phi) is 6.23. The molecule has 0 amide bonds. The third-order valence-electron chi connectivity index (χ3n) is 5.63. The number of hydrogen-bond donors (Lipinski definition) is 1. The molecule has 2 fully saturated rings. The van der Waals surface area contributed by atoms with E-state index < -0.39 is 0 Å². The number of anilines is 2. The van der Waals surface area contributed by atoms with Gasteiger partial charge in [-0.25, -0.2) is 0 Å². The number of nitrogens with zero attached hydrogens (tertiary/aromatic N) is 1. The lowest BCUT2D eigenvalue weighted by Gasteiger charge is -2.43. The molecule has 0 aromatic heterocycles. The highest BCUT2D eigenvalue weighted by Gasteiger charge is 2.28. The van der Waals surface area contributed by atoms with Gasteiger partial charge < -0.3 is 10.2 Å². The Balaban J connectivity index is 1.77. The molecule has 0 aliphatic heterocycles. The van der Waals surface area contributed by atoms with Crippen molar-refractivity contribution in [3.05, 3.63) is 36.0 Å². The van der Waals surface area contributed by atoms with E-state index in [0.29, 0.717) is 0 Å². The first kappa shape index (κ1) is 17.4. The molecule has 1 N–H and O–H groups in total. The van der Waals surface area contributed by atoms with Crippen LogP contribution < -0.4 is 10.2 Å². The van der Waals surface area contributed by atoms with Crippen molar-refractivity contribution in [2.24, 2.45) is 0 Å². The third kappa shape index (κ3) is 4.55. The van der Waals surface area contributed by atoms with E-state index in [1.54, 1.807) is 0 Å². The van der Waals surface area contributed by atoms with Crippen molar-refractivity contribution in [3.63, 3.8) is 0 Å². The van der Waals surface area contributed by atoms with Crippen LogP contribution in [0.5, 0.6) is 0 Å². The largest absolute Gasteiger partial charge is 0.366 e. The van der Waals surface area contributed by atoms with Gasteiger partial charge in [0.1, 0.15) is 0 Å². The minimum atomic E-state index is 0.762. The smallest absolute Gasteiger partial charge is 0.0381 e. The predicted molar refractivity (Wildman–Crippen MR) is 106 cm³/mol. The standard InChI is InChI=1S/C22H34N2/c1-18(2)17-23-19-13-15-22(16-14-19)24(20-9-5-3-6-10-20)21-11-7-4-8-12-21/h13-17,20-21,23H,3-12H2,1-2H3. The Morgan fingerprint density at radius 3 is 1.79 bits per heavy atom. The molecule has 2 saturated carbocycles. The van der Waals surface area contributed by atoms with Gasteiger partial charge in [0.2, 0.25) is 0 Å². The number of allylic oxidation sites excluding steroid dienone is 1. The fourth-order valence-electron chi connectivity index (χ4n) is 4.40. The fourth-order valence-corrected chi connectivity index (χ4v) is 4.40. The zero-order chi connectivity index (χ0) is 16.8. The first-order valence-corrected chi connectivity index (χ1v) is 10.0. The van der Waals surface area contributed by atoms with Crippen LogP contribution in [0.25, 0.3) is 0 Å². The molecule has 0 bridgehead atoms. The average molecular weight is 327 g/mol. The van der Waals surface area contributed by atoms with Crippen LogP contribution in [-0.4, -0.2) is 12.1 Å². The molecule has 0 saturated heterocycles. The summed E-state index contributed by atoms with van der Waals surface area (Å²) in [6.07, 6.45) is 16.1. The Hall–Kier alpha value is -1.44. The molecule has 2 heteroatoms. The lowest BCUT2D eigenvalue weighted by atomic mass is 9.88. The summed E-state index contributed by atoms with van der Waals surface area (Å²) in [5.74, 6) is 0. The highest BCUT2D eigenvalue weighted by atomic mass is 15.2. The SMILES string of the molecule is CC(C)=CNc1ccc(N(C2CCCCC2)C2CCCCC2)cc1. The molecule has 0 atom stereocenters. The van der Waals surface area contributed by atoms with E-state index in [1.807, 2.05) is 0 Å². The topological polar surface area (TPSA) is 15.3 Å². The Morgan fingerprint density at radius 1 is 0.833 bits per heavy atom. The monoisotopic (exact) mass is 326 g/mol. The quantitative estimate of drug-likeness (QED) is 0.665. The lowest BCUT2D eigenvalue weighted by molar-refractivity contribution is 0.340. The molecule has 2 aliphatic rings. The first-order chi connectivity index (χ1) is 11.7. The lowest BCUT2D eigenvalue weighted by Crippen LogP contribution is -2.45. The Labute approximate surface area is 148 Å². The van der Waals surface area contributed by atoms with E-state index in [-0.39, 0.29) is 0 Å². The van der Waals surface area contributed by atoms with Gasteiger partial charge in [0.05, 0.1) is 0 Å². The number of nitrogens with one attached hydrogen (secondary N) is 1. The Morgan fingerprint density at radius 2 is 1.33 bits per heavy atom.